The molecular weight excluding hydrogens is 419 g/mol. The van der Waals surface area contributed by atoms with E-state index in [2.05, 4.69) is 10.6 Å². The molecule has 0 aliphatic heterocycles. The van der Waals surface area contributed by atoms with Crippen LogP contribution < -0.4 is 10.6 Å². The van der Waals surface area contributed by atoms with E-state index >= 15 is 0 Å². The van der Waals surface area contributed by atoms with Gasteiger partial charge in [0.25, 0.3) is 0 Å². The summed E-state index contributed by atoms with van der Waals surface area (Å²) >= 11 is 0. The first-order valence-electron chi connectivity index (χ1n) is 11.0. The van der Waals surface area contributed by atoms with Crippen LogP contribution in [0, 0.1) is 5.92 Å². The van der Waals surface area contributed by atoms with Crippen LogP contribution in [-0.4, -0.2) is 46.6 Å². The van der Waals surface area contributed by atoms with Crippen molar-refractivity contribution >= 4 is 24.6 Å². The number of hydrogen-bond acceptors (Lipinski definition) is 6. The summed E-state index contributed by atoms with van der Waals surface area (Å²) in [6.07, 6.45) is 0.608. The van der Waals surface area contributed by atoms with Crippen LogP contribution in [0.4, 0.5) is 0 Å². The highest BCUT2D eigenvalue weighted by atomic mass is 16.4. The maximum Gasteiger partial charge on any atom is 0.475 e. The van der Waals surface area contributed by atoms with Crippen molar-refractivity contribution in [3.05, 3.63) is 82.6 Å². The van der Waals surface area contributed by atoms with Crippen LogP contribution in [0.5, 0.6) is 0 Å². The van der Waals surface area contributed by atoms with Crippen molar-refractivity contribution in [2.75, 3.05) is 0 Å². The molecule has 7 nitrogen and oxygen atoms in total. The third kappa shape index (κ3) is 5.77. The van der Waals surface area contributed by atoms with Gasteiger partial charge in [0.2, 0.25) is 11.7 Å². The van der Waals surface area contributed by atoms with Crippen LogP contribution in [0.25, 0.3) is 0 Å². The van der Waals surface area contributed by atoms with E-state index in [4.69, 9.17) is 0 Å². The van der Waals surface area contributed by atoms with Crippen LogP contribution >= 0.6 is 0 Å². The van der Waals surface area contributed by atoms with E-state index in [1.165, 1.54) is 0 Å². The summed E-state index contributed by atoms with van der Waals surface area (Å²) < 4.78 is 0. The second-order valence-electron chi connectivity index (χ2n) is 8.75. The summed E-state index contributed by atoms with van der Waals surface area (Å²) in [5, 5.41) is 25.2. The Morgan fingerprint density at radius 2 is 1.52 bits per heavy atom. The van der Waals surface area contributed by atoms with Crippen LogP contribution in [0.1, 0.15) is 53.5 Å². The predicted octanol–water partition coefficient (Wildman–Crippen LogP) is 2.08. The van der Waals surface area contributed by atoms with Gasteiger partial charge < -0.3 is 20.7 Å². The minimum atomic E-state index is -1.72. The molecule has 0 radical (unpaired) electrons. The Balaban J connectivity index is 1.91. The quantitative estimate of drug-likeness (QED) is 0.437. The average molecular weight is 448 g/mol. The van der Waals surface area contributed by atoms with E-state index < -0.39 is 25.0 Å². The molecule has 0 heterocycles. The summed E-state index contributed by atoms with van der Waals surface area (Å²) in [4.78, 5) is 39.3. The number of allylic oxidation sites excluding steroid dienone is 2. The van der Waals surface area contributed by atoms with Crippen molar-refractivity contribution in [2.24, 2.45) is 5.92 Å². The Kier molecular flexibility index (Phi) is 7.84. The number of carbonyl (C=O) groups is 3. The zero-order chi connectivity index (χ0) is 24.1. The number of ketones is 2. The lowest BCUT2D eigenvalue weighted by Crippen LogP contribution is -2.54. The molecule has 3 rings (SSSR count). The molecule has 0 spiro atoms. The summed E-state index contributed by atoms with van der Waals surface area (Å²) in [6, 6.07) is 15.0. The maximum absolute atomic E-state index is 13.2. The normalized spacial score (nSPS) is 15.2. The van der Waals surface area contributed by atoms with Gasteiger partial charge in [-0.3, -0.25) is 14.4 Å². The molecule has 0 bridgehead atoms. The van der Waals surface area contributed by atoms with Gasteiger partial charge in [-0.15, -0.1) is 0 Å². The summed E-state index contributed by atoms with van der Waals surface area (Å²) in [5.74, 6) is -1.85. The average Bonchev–Trinajstić information content (AvgIpc) is 2.79. The van der Waals surface area contributed by atoms with Crippen LogP contribution in [0.15, 0.2) is 65.9 Å². The van der Waals surface area contributed by atoms with Gasteiger partial charge in [0.1, 0.15) is 6.04 Å². The van der Waals surface area contributed by atoms with E-state index in [-0.39, 0.29) is 40.7 Å². The lowest BCUT2D eigenvalue weighted by atomic mass is 9.75. The minimum absolute atomic E-state index is 0.0831. The van der Waals surface area contributed by atoms with Crippen molar-refractivity contribution in [1.82, 2.24) is 10.6 Å². The number of carbonyl (C=O) groups excluding carboxylic acids is 3. The summed E-state index contributed by atoms with van der Waals surface area (Å²) in [6.45, 7) is 5.40. The van der Waals surface area contributed by atoms with E-state index in [1.54, 1.807) is 31.2 Å². The van der Waals surface area contributed by atoms with E-state index in [0.717, 1.165) is 5.56 Å². The number of fused-ring (bicyclic) bond motifs is 1. The predicted molar refractivity (Wildman–Crippen MR) is 126 cm³/mol. The zero-order valence-corrected chi connectivity index (χ0v) is 19.0. The first kappa shape index (κ1) is 24.4. The van der Waals surface area contributed by atoms with Gasteiger partial charge in [-0.05, 0) is 24.8 Å². The zero-order valence-electron chi connectivity index (χ0n) is 19.0. The van der Waals surface area contributed by atoms with Crippen molar-refractivity contribution in [2.45, 2.75) is 45.6 Å². The van der Waals surface area contributed by atoms with Gasteiger partial charge in [-0.1, -0.05) is 68.4 Å². The molecule has 0 fully saturated rings. The molecule has 33 heavy (non-hydrogen) atoms. The molecule has 2 aromatic rings. The number of amides is 1. The SMILES string of the molecule is CC1=C(N[C@@H](Cc2ccccc2)C(=O)N[C@@H](CC(C)C)B(O)O)C(=O)c2ccccc2C1=O. The van der Waals surface area contributed by atoms with Crippen molar-refractivity contribution < 1.29 is 24.4 Å². The summed E-state index contributed by atoms with van der Waals surface area (Å²) in [5.41, 5.74) is 1.81. The topological polar surface area (TPSA) is 116 Å². The molecule has 172 valence electrons. The third-order valence-electron chi connectivity index (χ3n) is 5.69. The molecule has 0 saturated heterocycles. The highest BCUT2D eigenvalue weighted by molar-refractivity contribution is 6.43. The number of Topliss-reactive ketones (excluding diaryl/α,β-unsaturated/α-hetero) is 2. The van der Waals surface area contributed by atoms with E-state index in [9.17, 15) is 24.4 Å². The van der Waals surface area contributed by atoms with Gasteiger partial charge in [0, 0.05) is 23.1 Å². The Bertz CT molecular complexity index is 1070. The van der Waals surface area contributed by atoms with E-state index in [1.807, 2.05) is 44.2 Å². The first-order chi connectivity index (χ1) is 15.7. The lowest BCUT2D eigenvalue weighted by molar-refractivity contribution is -0.123. The van der Waals surface area contributed by atoms with Crippen molar-refractivity contribution in [3.63, 3.8) is 0 Å². The molecule has 2 atom stereocenters. The van der Waals surface area contributed by atoms with Crippen LogP contribution in [0.3, 0.4) is 0 Å². The number of hydrogen-bond donors (Lipinski definition) is 4. The Morgan fingerprint density at radius 3 is 2.09 bits per heavy atom. The molecule has 0 unspecified atom stereocenters. The first-order valence-corrected chi connectivity index (χ1v) is 11.0. The number of nitrogens with one attached hydrogen (secondary N) is 2. The fraction of sp³-hybridized carbons (Fsp3) is 0.320. The second-order valence-corrected chi connectivity index (χ2v) is 8.75. The van der Waals surface area contributed by atoms with Gasteiger partial charge in [-0.25, -0.2) is 0 Å². The smallest absolute Gasteiger partial charge is 0.426 e. The Labute approximate surface area is 194 Å². The molecule has 1 aliphatic carbocycles. The fourth-order valence-electron chi connectivity index (χ4n) is 3.95. The molecule has 2 aromatic carbocycles. The molecule has 0 saturated carbocycles. The summed E-state index contributed by atoms with van der Waals surface area (Å²) in [7, 11) is -1.72. The van der Waals surface area contributed by atoms with Gasteiger partial charge >= 0.3 is 7.12 Å². The number of benzene rings is 2. The molecular formula is C25H29BN2O5. The Hall–Kier alpha value is -3.23. The highest BCUT2D eigenvalue weighted by Gasteiger charge is 2.34. The fourth-order valence-corrected chi connectivity index (χ4v) is 3.95. The maximum atomic E-state index is 13.2. The van der Waals surface area contributed by atoms with Gasteiger partial charge in [-0.2, -0.15) is 0 Å². The van der Waals surface area contributed by atoms with Gasteiger partial charge in [0.15, 0.2) is 5.78 Å². The van der Waals surface area contributed by atoms with Crippen LogP contribution in [0.2, 0.25) is 0 Å². The molecule has 0 aromatic heterocycles. The molecule has 1 aliphatic rings. The minimum Gasteiger partial charge on any atom is -0.426 e. The van der Waals surface area contributed by atoms with Crippen LogP contribution in [-0.2, 0) is 11.2 Å². The monoisotopic (exact) mass is 448 g/mol. The van der Waals surface area contributed by atoms with Gasteiger partial charge in [0.05, 0.1) is 11.6 Å². The standard InChI is InChI=1S/C25H29BN2O5/c1-15(2)13-21(26(32)33)28-25(31)20(14-17-9-5-4-6-10-17)27-22-16(3)23(29)18-11-7-8-12-19(18)24(22)30/h4-12,15,20-21,27,32-33H,13-14H2,1-3H3,(H,28,31)/t20-,21-/m0/s1. The lowest BCUT2D eigenvalue weighted by Gasteiger charge is -2.27. The molecule has 8 heteroatoms. The highest BCUT2D eigenvalue weighted by Crippen LogP contribution is 2.25. The number of rotatable bonds is 9. The van der Waals surface area contributed by atoms with Crippen molar-refractivity contribution in [1.29, 1.82) is 0 Å². The largest absolute Gasteiger partial charge is 0.475 e. The van der Waals surface area contributed by atoms with E-state index in [0.29, 0.717) is 12.0 Å². The van der Waals surface area contributed by atoms with Crippen molar-refractivity contribution in [3.8, 4) is 0 Å². The third-order valence-corrected chi connectivity index (χ3v) is 5.69. The second kappa shape index (κ2) is 10.6. The Morgan fingerprint density at radius 1 is 0.939 bits per heavy atom. The molecule has 4 N–H and O–H groups in total. The molecule has 1 amide bonds.